The Balaban J connectivity index is 1.84. The van der Waals surface area contributed by atoms with Gasteiger partial charge in [-0.1, -0.05) is 77.5 Å². The van der Waals surface area contributed by atoms with E-state index in [-0.39, 0.29) is 0 Å². The molecular weight excluding hydrogens is 244 g/mol. The second kappa shape index (κ2) is 5.41. The normalized spacial score (nSPS) is 10.8. The molecule has 3 aromatic carbocycles. The zero-order chi connectivity index (χ0) is 13.1. The summed E-state index contributed by atoms with van der Waals surface area (Å²) in [5.41, 5.74) is 2.79. The van der Waals surface area contributed by atoms with Gasteiger partial charge in [-0.25, -0.2) is 0 Å². The van der Waals surface area contributed by atoms with Crippen LogP contribution >= 0.6 is 0 Å². The van der Waals surface area contributed by atoms with Gasteiger partial charge in [0.25, 0.3) is 0 Å². The Morgan fingerprint density at radius 1 is 0.789 bits per heavy atom. The predicted molar refractivity (Wildman–Crippen MR) is 84.2 cm³/mol. The van der Waals surface area contributed by atoms with Crippen LogP contribution in [0.1, 0.15) is 11.1 Å². The lowest BCUT2D eigenvalue weighted by molar-refractivity contribution is 1.43. The van der Waals surface area contributed by atoms with Gasteiger partial charge in [-0.15, -0.1) is 0 Å². The van der Waals surface area contributed by atoms with E-state index in [0.717, 1.165) is 15.6 Å². The molecule has 0 aliphatic heterocycles. The fourth-order valence-electron chi connectivity index (χ4n) is 2.32. The predicted octanol–water partition coefficient (Wildman–Crippen LogP) is 3.68. The smallest absolute Gasteiger partial charge is 0.0639 e. The van der Waals surface area contributed by atoms with Gasteiger partial charge < -0.3 is 0 Å². The molecule has 2 radical (unpaired) electrons. The highest BCUT2D eigenvalue weighted by atomic mass is 28.2. The van der Waals surface area contributed by atoms with E-state index < -0.39 is 0 Å². The highest BCUT2D eigenvalue weighted by Crippen LogP contribution is 2.18. The third-order valence-corrected chi connectivity index (χ3v) is 4.71. The van der Waals surface area contributed by atoms with Crippen LogP contribution in [0.25, 0.3) is 10.8 Å². The summed E-state index contributed by atoms with van der Waals surface area (Å²) >= 11 is 0. The first-order valence-corrected chi connectivity index (χ1v) is 7.81. The Morgan fingerprint density at radius 3 is 2.37 bits per heavy atom. The van der Waals surface area contributed by atoms with Crippen molar-refractivity contribution in [1.29, 1.82) is 0 Å². The Hall–Kier alpha value is -1.86. The van der Waals surface area contributed by atoms with Crippen LogP contribution in [0.4, 0.5) is 0 Å². The zero-order valence-electron chi connectivity index (χ0n) is 11.1. The summed E-state index contributed by atoms with van der Waals surface area (Å²) in [7, 11) is 0.842. The van der Waals surface area contributed by atoms with Crippen LogP contribution in [0.15, 0.2) is 66.7 Å². The highest BCUT2D eigenvalue weighted by Gasteiger charge is 2.01. The van der Waals surface area contributed by atoms with Gasteiger partial charge in [0.15, 0.2) is 0 Å². The minimum absolute atomic E-state index is 0.842. The Kier molecular flexibility index (Phi) is 3.47. The van der Waals surface area contributed by atoms with Crippen LogP contribution < -0.4 is 5.19 Å². The maximum Gasteiger partial charge on any atom is 0.0856 e. The zero-order valence-corrected chi connectivity index (χ0v) is 12.1. The first kappa shape index (κ1) is 12.2. The molecular formula is C18H16Si. The summed E-state index contributed by atoms with van der Waals surface area (Å²) in [4.78, 5) is 0. The number of benzene rings is 3. The van der Waals surface area contributed by atoms with Crippen molar-refractivity contribution in [2.75, 3.05) is 0 Å². The monoisotopic (exact) mass is 260 g/mol. The van der Waals surface area contributed by atoms with Crippen molar-refractivity contribution >= 4 is 25.5 Å². The summed E-state index contributed by atoms with van der Waals surface area (Å²) in [6.07, 6.45) is 0. The van der Waals surface area contributed by atoms with Crippen molar-refractivity contribution in [3.05, 3.63) is 77.9 Å². The summed E-state index contributed by atoms with van der Waals surface area (Å²) in [5.74, 6) is 0. The summed E-state index contributed by atoms with van der Waals surface area (Å²) < 4.78 is 0. The lowest BCUT2D eigenvalue weighted by Crippen LogP contribution is -2.16. The molecule has 3 aromatic rings. The number of hydrogen-bond acceptors (Lipinski definition) is 0. The molecule has 0 saturated carbocycles. The highest BCUT2D eigenvalue weighted by molar-refractivity contribution is 6.53. The van der Waals surface area contributed by atoms with Crippen LogP contribution in [-0.2, 0) is 6.04 Å². The fraction of sp³-hybridized carbons (Fsp3) is 0.111. The minimum atomic E-state index is 0.842. The van der Waals surface area contributed by atoms with Crippen molar-refractivity contribution in [3.63, 3.8) is 0 Å². The van der Waals surface area contributed by atoms with Crippen LogP contribution in [0, 0.1) is 6.92 Å². The first-order valence-electron chi connectivity index (χ1n) is 6.60. The molecule has 0 fully saturated rings. The third-order valence-electron chi connectivity index (χ3n) is 3.41. The van der Waals surface area contributed by atoms with Gasteiger partial charge in [0.1, 0.15) is 0 Å². The lowest BCUT2D eigenvalue weighted by atomic mass is 10.1. The van der Waals surface area contributed by atoms with Crippen molar-refractivity contribution in [3.8, 4) is 0 Å². The second-order valence-corrected chi connectivity index (χ2v) is 6.14. The maximum absolute atomic E-state index is 2.25. The molecule has 92 valence electrons. The van der Waals surface area contributed by atoms with Gasteiger partial charge in [0.2, 0.25) is 0 Å². The van der Waals surface area contributed by atoms with Gasteiger partial charge in [-0.05, 0) is 29.3 Å². The molecule has 0 saturated heterocycles. The molecule has 0 atom stereocenters. The van der Waals surface area contributed by atoms with E-state index in [9.17, 15) is 0 Å². The van der Waals surface area contributed by atoms with E-state index in [1.807, 2.05) is 0 Å². The maximum atomic E-state index is 2.25. The van der Waals surface area contributed by atoms with Crippen LogP contribution in [-0.4, -0.2) is 9.52 Å². The van der Waals surface area contributed by atoms with Gasteiger partial charge >= 0.3 is 0 Å². The van der Waals surface area contributed by atoms with Gasteiger partial charge in [-0.3, -0.25) is 0 Å². The molecule has 0 N–H and O–H groups in total. The van der Waals surface area contributed by atoms with E-state index in [1.165, 1.54) is 27.1 Å². The molecule has 1 heteroatoms. The molecule has 0 bridgehead atoms. The molecule has 0 aliphatic rings. The van der Waals surface area contributed by atoms with Crippen molar-refractivity contribution in [1.82, 2.24) is 0 Å². The van der Waals surface area contributed by atoms with Gasteiger partial charge in [0.05, 0.1) is 9.52 Å². The molecule has 19 heavy (non-hydrogen) atoms. The number of aryl methyl sites for hydroxylation is 1. The van der Waals surface area contributed by atoms with E-state index >= 15 is 0 Å². The SMILES string of the molecule is Cc1ccc([Si]Cc2cccc3ccccc23)cc1. The molecule has 0 spiro atoms. The fourth-order valence-corrected chi connectivity index (χ4v) is 3.42. The molecule has 0 amide bonds. The molecule has 0 nitrogen and oxygen atoms in total. The Morgan fingerprint density at radius 2 is 1.53 bits per heavy atom. The van der Waals surface area contributed by atoms with E-state index in [1.54, 1.807) is 0 Å². The Bertz CT molecular complexity index is 678. The largest absolute Gasteiger partial charge is 0.0856 e. The van der Waals surface area contributed by atoms with Crippen molar-refractivity contribution < 1.29 is 0 Å². The second-order valence-electron chi connectivity index (χ2n) is 4.86. The van der Waals surface area contributed by atoms with E-state index in [0.29, 0.717) is 0 Å². The number of fused-ring (bicyclic) bond motifs is 1. The number of hydrogen-bond donors (Lipinski definition) is 0. The van der Waals surface area contributed by atoms with Crippen LogP contribution in [0.3, 0.4) is 0 Å². The average molecular weight is 260 g/mol. The number of rotatable bonds is 3. The molecule has 0 aliphatic carbocycles. The topological polar surface area (TPSA) is 0 Å². The van der Waals surface area contributed by atoms with Crippen molar-refractivity contribution in [2.24, 2.45) is 0 Å². The van der Waals surface area contributed by atoms with E-state index in [2.05, 4.69) is 73.7 Å². The summed E-state index contributed by atoms with van der Waals surface area (Å²) in [6, 6.07) is 25.3. The summed E-state index contributed by atoms with van der Waals surface area (Å²) in [6.45, 7) is 2.14. The van der Waals surface area contributed by atoms with Crippen LogP contribution in [0.5, 0.6) is 0 Å². The lowest BCUT2D eigenvalue weighted by Gasteiger charge is -2.06. The molecule has 0 unspecified atom stereocenters. The summed E-state index contributed by atoms with van der Waals surface area (Å²) in [5, 5.41) is 4.18. The van der Waals surface area contributed by atoms with Gasteiger partial charge in [0, 0.05) is 0 Å². The van der Waals surface area contributed by atoms with E-state index in [4.69, 9.17) is 0 Å². The molecule has 0 aromatic heterocycles. The van der Waals surface area contributed by atoms with Crippen molar-refractivity contribution in [2.45, 2.75) is 13.0 Å². The molecule has 0 heterocycles. The third kappa shape index (κ3) is 2.77. The van der Waals surface area contributed by atoms with Gasteiger partial charge in [-0.2, -0.15) is 0 Å². The standard InChI is InChI=1S/C18H16Si/c1-14-9-11-17(12-10-14)19-13-16-7-4-6-15-5-2-3-8-18(15)16/h2-12H,13H2,1H3. The Labute approximate surface area is 116 Å². The van der Waals surface area contributed by atoms with Crippen LogP contribution in [0.2, 0.25) is 0 Å². The quantitative estimate of drug-likeness (QED) is 0.630. The average Bonchev–Trinajstić information content (AvgIpc) is 2.47. The minimum Gasteiger partial charge on any atom is -0.0639 e. The molecule has 3 rings (SSSR count). The first-order chi connectivity index (χ1) is 9.33.